The Morgan fingerprint density at radius 3 is 2.32 bits per heavy atom. The highest BCUT2D eigenvalue weighted by molar-refractivity contribution is 5.80. The molecule has 2 fully saturated rings. The lowest BCUT2D eigenvalue weighted by Gasteiger charge is -2.31. The number of nitrogens with zero attached hydrogens (tertiary/aromatic N) is 2. The molecule has 0 spiro atoms. The lowest BCUT2D eigenvalue weighted by molar-refractivity contribution is -0.137. The first kappa shape index (κ1) is 21.2. The topological polar surface area (TPSA) is 61.9 Å². The Hall–Kier alpha value is -3.02. The summed E-state index contributed by atoms with van der Waals surface area (Å²) in [5, 5.41) is 3.13. The van der Waals surface area contributed by atoms with Gasteiger partial charge in [0.25, 0.3) is 5.91 Å². The summed E-state index contributed by atoms with van der Waals surface area (Å²) < 4.78 is 5.56. The van der Waals surface area contributed by atoms with Crippen molar-refractivity contribution in [3.63, 3.8) is 0 Å². The van der Waals surface area contributed by atoms with Gasteiger partial charge in [-0.05, 0) is 49.4 Å². The average molecular weight is 422 g/mol. The number of carbonyl (C=O) groups is 2. The number of amides is 2. The van der Waals surface area contributed by atoms with E-state index in [1.165, 1.54) is 24.1 Å². The summed E-state index contributed by atoms with van der Waals surface area (Å²) in [7, 11) is 0. The maximum absolute atomic E-state index is 12.7. The Bertz CT molecular complexity index is 873. The zero-order chi connectivity index (χ0) is 21.5. The molecule has 164 valence electrons. The van der Waals surface area contributed by atoms with Crippen molar-refractivity contribution in [2.75, 3.05) is 37.7 Å². The van der Waals surface area contributed by atoms with Gasteiger partial charge in [-0.3, -0.25) is 9.59 Å². The van der Waals surface area contributed by atoms with Crippen LogP contribution < -0.4 is 15.0 Å². The minimum absolute atomic E-state index is 0.0257. The van der Waals surface area contributed by atoms with Crippen LogP contribution in [0.4, 0.5) is 5.69 Å². The number of nitrogens with one attached hydrogen (secondary N) is 1. The normalized spacial score (nSPS) is 16.9. The predicted octanol–water partition coefficient (Wildman–Crippen LogP) is 3.22. The summed E-state index contributed by atoms with van der Waals surface area (Å²) in [4.78, 5) is 29.4. The largest absolute Gasteiger partial charge is 0.484 e. The highest BCUT2D eigenvalue weighted by Gasteiger charge is 2.27. The molecule has 2 amide bonds. The average Bonchev–Trinajstić information content (AvgIpc) is 3.37. The van der Waals surface area contributed by atoms with Crippen LogP contribution in [0.15, 0.2) is 54.6 Å². The van der Waals surface area contributed by atoms with E-state index >= 15 is 0 Å². The van der Waals surface area contributed by atoms with E-state index in [0.717, 1.165) is 13.1 Å². The second-order valence-corrected chi connectivity index (χ2v) is 8.30. The zero-order valence-corrected chi connectivity index (χ0v) is 18.0. The third-order valence-corrected chi connectivity index (χ3v) is 6.22. The van der Waals surface area contributed by atoms with Crippen LogP contribution in [-0.2, 0) is 16.1 Å². The summed E-state index contributed by atoms with van der Waals surface area (Å²) in [5.74, 6) is 0.712. The molecular formula is C25H31N3O3. The van der Waals surface area contributed by atoms with Crippen molar-refractivity contribution in [3.8, 4) is 5.75 Å². The molecule has 2 aromatic carbocycles. The third kappa shape index (κ3) is 5.57. The molecule has 0 aliphatic carbocycles. The SMILES string of the molecule is O=C(NCc1ccccc1N1CCCC1)C1CCN(C(=O)COc2ccccc2)CC1. The summed E-state index contributed by atoms with van der Waals surface area (Å²) in [6, 6.07) is 17.7. The molecule has 0 radical (unpaired) electrons. The van der Waals surface area contributed by atoms with Crippen molar-refractivity contribution >= 4 is 17.5 Å². The van der Waals surface area contributed by atoms with Crippen molar-refractivity contribution in [3.05, 3.63) is 60.2 Å². The number of ether oxygens (including phenoxy) is 1. The van der Waals surface area contributed by atoms with Gasteiger partial charge in [-0.2, -0.15) is 0 Å². The molecule has 2 aromatic rings. The van der Waals surface area contributed by atoms with Gasteiger partial charge in [0.2, 0.25) is 5.91 Å². The highest BCUT2D eigenvalue weighted by Crippen LogP contribution is 2.25. The molecule has 2 aliphatic rings. The van der Waals surface area contributed by atoms with Crippen LogP contribution in [0.25, 0.3) is 0 Å². The van der Waals surface area contributed by atoms with Crippen molar-refractivity contribution in [1.29, 1.82) is 0 Å². The molecule has 0 bridgehead atoms. The van der Waals surface area contributed by atoms with Gasteiger partial charge in [0.15, 0.2) is 6.61 Å². The van der Waals surface area contributed by atoms with Gasteiger partial charge >= 0.3 is 0 Å². The molecule has 1 N–H and O–H groups in total. The Morgan fingerprint density at radius 2 is 1.58 bits per heavy atom. The first-order valence-corrected chi connectivity index (χ1v) is 11.3. The summed E-state index contributed by atoms with van der Waals surface area (Å²) in [6.45, 7) is 3.96. The zero-order valence-electron chi connectivity index (χ0n) is 18.0. The molecule has 2 heterocycles. The van der Waals surface area contributed by atoms with Gasteiger partial charge in [0, 0.05) is 44.3 Å². The number of anilines is 1. The first-order chi connectivity index (χ1) is 15.2. The number of carbonyl (C=O) groups excluding carboxylic acids is 2. The molecule has 4 rings (SSSR count). The van der Waals surface area contributed by atoms with E-state index in [2.05, 4.69) is 28.4 Å². The number of hydrogen-bond donors (Lipinski definition) is 1. The minimum atomic E-state index is -0.0435. The van der Waals surface area contributed by atoms with E-state index in [4.69, 9.17) is 4.74 Å². The monoisotopic (exact) mass is 421 g/mol. The third-order valence-electron chi connectivity index (χ3n) is 6.22. The van der Waals surface area contributed by atoms with Crippen molar-refractivity contribution in [2.24, 2.45) is 5.92 Å². The van der Waals surface area contributed by atoms with Gasteiger partial charge in [-0.15, -0.1) is 0 Å². The standard InChI is InChI=1S/C25H31N3O3/c29-24(19-31-22-9-2-1-3-10-22)28-16-12-20(13-17-28)25(30)26-18-21-8-4-5-11-23(21)27-14-6-7-15-27/h1-5,8-11,20H,6-7,12-19H2,(H,26,30). The highest BCUT2D eigenvalue weighted by atomic mass is 16.5. The number of piperidine rings is 1. The first-order valence-electron chi connectivity index (χ1n) is 11.3. The van der Waals surface area contributed by atoms with E-state index < -0.39 is 0 Å². The Morgan fingerprint density at radius 1 is 0.903 bits per heavy atom. The van der Waals surface area contributed by atoms with Crippen molar-refractivity contribution in [1.82, 2.24) is 10.2 Å². The van der Waals surface area contributed by atoms with E-state index in [-0.39, 0.29) is 24.3 Å². The second-order valence-electron chi connectivity index (χ2n) is 8.30. The smallest absolute Gasteiger partial charge is 0.260 e. The predicted molar refractivity (Wildman–Crippen MR) is 121 cm³/mol. The second kappa shape index (κ2) is 10.3. The van der Waals surface area contributed by atoms with Crippen LogP contribution in [0.1, 0.15) is 31.2 Å². The van der Waals surface area contributed by atoms with Gasteiger partial charge in [0.1, 0.15) is 5.75 Å². The number of rotatable bonds is 7. The number of hydrogen-bond acceptors (Lipinski definition) is 4. The molecule has 2 aliphatic heterocycles. The molecule has 2 saturated heterocycles. The van der Waals surface area contributed by atoms with Crippen LogP contribution in [0.2, 0.25) is 0 Å². The molecular weight excluding hydrogens is 390 g/mol. The number of para-hydroxylation sites is 2. The van der Waals surface area contributed by atoms with Gasteiger partial charge in [0.05, 0.1) is 0 Å². The van der Waals surface area contributed by atoms with E-state index in [0.29, 0.717) is 38.2 Å². The Kier molecular flexibility index (Phi) is 7.07. The quantitative estimate of drug-likeness (QED) is 0.746. The molecule has 6 heteroatoms. The van der Waals surface area contributed by atoms with Crippen molar-refractivity contribution in [2.45, 2.75) is 32.2 Å². The van der Waals surface area contributed by atoms with Crippen LogP contribution in [0.5, 0.6) is 5.75 Å². The number of benzene rings is 2. The van der Waals surface area contributed by atoms with Gasteiger partial charge < -0.3 is 19.9 Å². The lowest BCUT2D eigenvalue weighted by atomic mass is 9.95. The van der Waals surface area contributed by atoms with Crippen LogP contribution in [-0.4, -0.2) is 49.5 Å². The molecule has 0 saturated carbocycles. The summed E-state index contributed by atoms with van der Waals surface area (Å²) in [5.41, 5.74) is 2.41. The minimum Gasteiger partial charge on any atom is -0.484 e. The van der Waals surface area contributed by atoms with E-state index in [9.17, 15) is 9.59 Å². The van der Waals surface area contributed by atoms with Gasteiger partial charge in [-0.1, -0.05) is 36.4 Å². The maximum atomic E-state index is 12.7. The molecule has 6 nitrogen and oxygen atoms in total. The summed E-state index contributed by atoms with van der Waals surface area (Å²) >= 11 is 0. The number of likely N-dealkylation sites (tertiary alicyclic amines) is 1. The fourth-order valence-electron chi connectivity index (χ4n) is 4.40. The molecule has 0 atom stereocenters. The molecule has 31 heavy (non-hydrogen) atoms. The Labute approximate surface area is 184 Å². The molecule has 0 unspecified atom stereocenters. The molecule has 0 aromatic heterocycles. The maximum Gasteiger partial charge on any atom is 0.260 e. The summed E-state index contributed by atoms with van der Waals surface area (Å²) in [6.07, 6.45) is 3.84. The van der Waals surface area contributed by atoms with Crippen LogP contribution >= 0.6 is 0 Å². The fraction of sp³-hybridized carbons (Fsp3) is 0.440. The van der Waals surface area contributed by atoms with Crippen molar-refractivity contribution < 1.29 is 14.3 Å². The van der Waals surface area contributed by atoms with Crippen LogP contribution in [0.3, 0.4) is 0 Å². The Balaban J connectivity index is 1.22. The van der Waals surface area contributed by atoms with E-state index in [1.807, 2.05) is 36.4 Å². The van der Waals surface area contributed by atoms with Crippen LogP contribution in [0, 0.1) is 5.92 Å². The van der Waals surface area contributed by atoms with Gasteiger partial charge in [-0.25, -0.2) is 0 Å². The fourth-order valence-corrected chi connectivity index (χ4v) is 4.40. The van der Waals surface area contributed by atoms with E-state index in [1.54, 1.807) is 4.90 Å². The lowest BCUT2D eigenvalue weighted by Crippen LogP contribution is -2.44.